The van der Waals surface area contributed by atoms with Gasteiger partial charge in [-0.15, -0.1) is 27.3 Å². The highest BCUT2D eigenvalue weighted by Crippen LogP contribution is 2.39. The van der Waals surface area contributed by atoms with Crippen LogP contribution in [0.3, 0.4) is 0 Å². The van der Waals surface area contributed by atoms with Gasteiger partial charge in [0.2, 0.25) is 0 Å². The Morgan fingerprint density at radius 2 is 0.629 bits per heavy atom. The molecule has 23 heteroatoms. The van der Waals surface area contributed by atoms with Crippen molar-refractivity contribution in [3.8, 4) is 39.9 Å². The van der Waals surface area contributed by atoms with E-state index in [1.807, 2.05) is 12.1 Å². The summed E-state index contributed by atoms with van der Waals surface area (Å²) in [5.41, 5.74) is 31.4. The van der Waals surface area contributed by atoms with Gasteiger partial charge in [0, 0.05) is 55.0 Å². The molecule has 0 amide bonds. The lowest BCUT2D eigenvalue weighted by Gasteiger charge is -2.24. The molecule has 11 rings (SSSR count). The Labute approximate surface area is 426 Å². The lowest BCUT2D eigenvalue weighted by Crippen LogP contribution is -2.50. The molecule has 0 bridgehead atoms. The molecule has 0 aliphatic heterocycles. The topological polar surface area (TPSA) is 56.7 Å². The van der Waals surface area contributed by atoms with Gasteiger partial charge in [-0.1, -0.05) is 126 Å². The summed E-state index contributed by atoms with van der Waals surface area (Å²) < 4.78 is 10.1. The van der Waals surface area contributed by atoms with E-state index in [1.165, 1.54) is 125 Å². The first kappa shape index (κ1) is 46.4. The fourth-order valence-electron chi connectivity index (χ4n) is 12.6. The minimum atomic E-state index is 0.627. The molecule has 3 aromatic heterocycles. The van der Waals surface area contributed by atoms with E-state index in [0.29, 0.717) is 17.5 Å². The summed E-state index contributed by atoms with van der Waals surface area (Å²) in [6.45, 7) is 0. The largest absolute Gasteiger partial charge is 0.457 e. The van der Waals surface area contributed by atoms with Gasteiger partial charge in [0.15, 0.2) is 17.5 Å². The number of aromatic nitrogens is 4. The van der Waals surface area contributed by atoms with Crippen LogP contribution in [0.1, 0.15) is 0 Å². The molecule has 0 spiro atoms. The average molecular weight is 878 g/mol. The van der Waals surface area contributed by atoms with E-state index in [-0.39, 0.29) is 0 Å². The number of hydrogen-bond donors (Lipinski definition) is 0. The SMILES string of the molecule is Bc1c(B)c(B)c2c(oc3c(B)c(-n4c5c(B)c(B)c6c(B)c(B)c(B)c(B)c6c5c5c6c(B)c(B)c(B)c(B)c6c(B)c(B)c54)c(B)c(-c4nc(-c5ccccc5)nc(-c5ccccc5)n4)c32)c1B. The fraction of sp³-hybridized carbons (Fsp3) is 0. The molecule has 11 aromatic rings. The molecule has 5 nitrogen and oxygen atoms in total. The van der Waals surface area contributed by atoms with Crippen LogP contribution in [-0.2, 0) is 0 Å². The van der Waals surface area contributed by atoms with Crippen molar-refractivity contribution in [2.45, 2.75) is 0 Å². The molecule has 3 heterocycles. The molecular weight excluding hydrogens is 831 g/mol. The zero-order valence-electron chi connectivity index (χ0n) is 44.5. The Morgan fingerprint density at radius 3 is 1.06 bits per heavy atom. The number of fused-ring (bicyclic) bond motifs is 10. The molecular formula is C47H46B18N4O. The third kappa shape index (κ3) is 6.14. The van der Waals surface area contributed by atoms with E-state index in [9.17, 15) is 0 Å². The first-order valence-electron chi connectivity index (χ1n) is 25.0. The molecule has 70 heavy (non-hydrogen) atoms. The van der Waals surface area contributed by atoms with Gasteiger partial charge >= 0.3 is 0 Å². The lowest BCUT2D eigenvalue weighted by atomic mass is 9.60. The van der Waals surface area contributed by atoms with Crippen molar-refractivity contribution in [1.82, 2.24) is 19.5 Å². The predicted molar refractivity (Wildman–Crippen MR) is 360 cm³/mol. The molecule has 314 valence electrons. The van der Waals surface area contributed by atoms with Crippen LogP contribution in [0, 0.1) is 0 Å². The first-order valence-corrected chi connectivity index (χ1v) is 25.0. The zero-order chi connectivity index (χ0) is 49.8. The third-order valence-electron chi connectivity index (χ3n) is 17.8. The summed E-state index contributed by atoms with van der Waals surface area (Å²) in [6, 6.07) is 20.7. The number of furan rings is 1. The predicted octanol–water partition coefficient (Wildman–Crippen LogP) is -19.2. The molecule has 0 atom stereocenters. The van der Waals surface area contributed by atoms with Crippen molar-refractivity contribution in [2.75, 3.05) is 0 Å². The maximum atomic E-state index is 7.43. The lowest BCUT2D eigenvalue weighted by molar-refractivity contribution is 0.674. The van der Waals surface area contributed by atoms with Gasteiger partial charge in [-0.05, 0) is 27.0 Å². The van der Waals surface area contributed by atoms with Crippen LogP contribution in [0.2, 0.25) is 0 Å². The molecule has 0 aliphatic carbocycles. The number of nitrogens with zero attached hydrogens (tertiary/aromatic N) is 4. The van der Waals surface area contributed by atoms with Gasteiger partial charge in [0.1, 0.15) is 152 Å². The second-order valence-electron chi connectivity index (χ2n) is 20.8. The van der Waals surface area contributed by atoms with Crippen LogP contribution in [0.4, 0.5) is 0 Å². The zero-order valence-corrected chi connectivity index (χ0v) is 44.5. The van der Waals surface area contributed by atoms with Crippen LogP contribution >= 0.6 is 0 Å². The van der Waals surface area contributed by atoms with Crippen molar-refractivity contribution in [1.29, 1.82) is 0 Å². The summed E-state index contributed by atoms with van der Waals surface area (Å²) in [4.78, 5) is 16.2. The van der Waals surface area contributed by atoms with Crippen LogP contribution in [-0.4, -0.2) is 161 Å². The Bertz CT molecular complexity index is 4030. The van der Waals surface area contributed by atoms with Gasteiger partial charge in [-0.3, -0.25) is 0 Å². The molecule has 0 aliphatic rings. The highest BCUT2D eigenvalue weighted by molar-refractivity contribution is 6.75. The second kappa shape index (κ2) is 16.3. The van der Waals surface area contributed by atoms with Gasteiger partial charge in [-0.2, -0.15) is 0 Å². The van der Waals surface area contributed by atoms with Crippen molar-refractivity contribution in [3.05, 3.63) is 60.7 Å². The van der Waals surface area contributed by atoms with Gasteiger partial charge in [0.25, 0.3) is 0 Å². The van der Waals surface area contributed by atoms with Gasteiger partial charge in [0.05, 0.1) is 0 Å². The van der Waals surface area contributed by atoms with Crippen LogP contribution < -0.4 is 98.3 Å². The minimum Gasteiger partial charge on any atom is -0.457 e. The molecule has 0 radical (unpaired) electrons. The van der Waals surface area contributed by atoms with Crippen molar-refractivity contribution >= 4 is 305 Å². The smallest absolute Gasteiger partial charge is 0.164 e. The van der Waals surface area contributed by atoms with Gasteiger partial charge in [-0.25, -0.2) is 15.0 Å². The third-order valence-corrected chi connectivity index (χ3v) is 17.8. The van der Waals surface area contributed by atoms with E-state index >= 15 is 0 Å². The molecule has 0 fully saturated rings. The Balaban J connectivity index is 1.46. The van der Waals surface area contributed by atoms with Crippen molar-refractivity contribution in [2.24, 2.45) is 0 Å². The second-order valence-corrected chi connectivity index (χ2v) is 20.8. The number of hydrogen-bond acceptors (Lipinski definition) is 4. The highest BCUT2D eigenvalue weighted by atomic mass is 16.3. The molecule has 8 aromatic carbocycles. The van der Waals surface area contributed by atoms with E-state index in [1.54, 1.807) is 0 Å². The monoisotopic (exact) mass is 881 g/mol. The maximum absolute atomic E-state index is 7.43. The van der Waals surface area contributed by atoms with Crippen LogP contribution in [0.5, 0.6) is 0 Å². The summed E-state index contributed by atoms with van der Waals surface area (Å²) in [5, 5.41) is 10.3. The van der Waals surface area contributed by atoms with Crippen LogP contribution in [0.15, 0.2) is 65.1 Å². The quantitative estimate of drug-likeness (QED) is 0.165. The van der Waals surface area contributed by atoms with Gasteiger partial charge < -0.3 is 8.98 Å². The van der Waals surface area contributed by atoms with Crippen molar-refractivity contribution in [3.63, 3.8) is 0 Å². The van der Waals surface area contributed by atoms with Crippen molar-refractivity contribution < 1.29 is 4.42 Å². The first-order chi connectivity index (χ1) is 33.3. The van der Waals surface area contributed by atoms with E-state index < -0.39 is 0 Å². The molecule has 0 saturated heterocycles. The Hall–Kier alpha value is -5.94. The standard InChI is InChI=1S/C47H46B18N4O/c48-22-13-15-16-14-19(25(51)33(59)31(57)23(14)49)27(53)37(63)41(16)69(40(15)36(62)26(52)18(13)24(50)32(58)30(22)56)42-29(55)21(17-20-28(54)34(60)35(61)38(64)44(20)70-43(17)39(42)65)47-67-45(11-7-3-1-4-8-11)66-46(68-47)12-9-5-2-6-10-12/h1-10H,48-65H2. The summed E-state index contributed by atoms with van der Waals surface area (Å²) in [5.74, 6) is 1.89. The van der Waals surface area contributed by atoms with E-state index in [4.69, 9.17) is 19.4 Å². The Kier molecular flexibility index (Phi) is 10.8. The summed E-state index contributed by atoms with van der Waals surface area (Å²) in [6.07, 6.45) is 0. The Morgan fingerprint density at radius 1 is 0.286 bits per heavy atom. The fourth-order valence-corrected chi connectivity index (χ4v) is 12.6. The highest BCUT2D eigenvalue weighted by Gasteiger charge is 2.32. The number of rotatable bonds is 4. The minimum absolute atomic E-state index is 0.627. The number of benzene rings is 8. The summed E-state index contributed by atoms with van der Waals surface area (Å²) >= 11 is 0. The molecule has 0 unspecified atom stereocenters. The average Bonchev–Trinajstić information content (AvgIpc) is 3.93. The van der Waals surface area contributed by atoms with Crippen LogP contribution in [0.25, 0.3) is 105 Å². The summed E-state index contributed by atoms with van der Waals surface area (Å²) in [7, 11) is 41.6. The van der Waals surface area contributed by atoms with E-state index in [0.717, 1.165) is 60.7 Å². The molecule has 0 N–H and O–H groups in total. The maximum Gasteiger partial charge on any atom is 0.164 e. The van der Waals surface area contributed by atoms with E-state index in [2.05, 4.69) is 194 Å². The normalized spacial score (nSPS) is 11.9. The molecule has 0 saturated carbocycles.